The molecular formula is C19H23NO2. The Hall–Kier alpha value is -1.90. The Bertz CT molecular complexity index is 652. The fourth-order valence-electron chi connectivity index (χ4n) is 3.66. The maximum atomic E-state index is 12.0. The lowest BCUT2D eigenvalue weighted by Crippen LogP contribution is -2.33. The van der Waals surface area contributed by atoms with Gasteiger partial charge in [-0.2, -0.15) is 0 Å². The number of carbonyl (C=O) groups excluding carboxylic acids is 2. The monoisotopic (exact) mass is 297 g/mol. The minimum absolute atomic E-state index is 0.0938. The van der Waals surface area contributed by atoms with E-state index >= 15 is 0 Å². The highest BCUT2D eigenvalue weighted by Crippen LogP contribution is 2.41. The van der Waals surface area contributed by atoms with Gasteiger partial charge in [0.25, 0.3) is 11.8 Å². The van der Waals surface area contributed by atoms with Crippen molar-refractivity contribution in [3.8, 4) is 0 Å². The smallest absolute Gasteiger partial charge is 0.254 e. The third-order valence-corrected chi connectivity index (χ3v) is 4.79. The van der Waals surface area contributed by atoms with Gasteiger partial charge in [0.2, 0.25) is 0 Å². The van der Waals surface area contributed by atoms with Gasteiger partial charge in [0.1, 0.15) is 0 Å². The van der Waals surface area contributed by atoms with Crippen LogP contribution in [0.25, 0.3) is 0 Å². The number of benzene rings is 1. The van der Waals surface area contributed by atoms with E-state index in [0.29, 0.717) is 11.8 Å². The average Bonchev–Trinajstić information content (AvgIpc) is 3.00. The standard InChI is InChI=1S/C19H23NO2/c1-11(2)14-9-13-5-6-17(16(13)10-15(14)12(3)4)20-18(21)7-8-19(20)22/h7-12,17H,5-6H2,1-4H3/t17-/m0/s1. The number of imide groups is 1. The zero-order chi connectivity index (χ0) is 16.0. The molecule has 0 aromatic heterocycles. The Morgan fingerprint density at radius 1 is 0.955 bits per heavy atom. The van der Waals surface area contributed by atoms with Crippen molar-refractivity contribution >= 4 is 11.8 Å². The summed E-state index contributed by atoms with van der Waals surface area (Å²) >= 11 is 0. The van der Waals surface area contributed by atoms with Crippen LogP contribution < -0.4 is 0 Å². The summed E-state index contributed by atoms with van der Waals surface area (Å²) in [6, 6.07) is 4.45. The highest BCUT2D eigenvalue weighted by Gasteiger charge is 2.36. The first-order valence-corrected chi connectivity index (χ1v) is 8.12. The predicted molar refractivity (Wildman–Crippen MR) is 86.7 cm³/mol. The summed E-state index contributed by atoms with van der Waals surface area (Å²) in [6.07, 6.45) is 4.54. The van der Waals surface area contributed by atoms with Gasteiger partial charge in [-0.15, -0.1) is 0 Å². The molecule has 0 radical (unpaired) electrons. The largest absolute Gasteiger partial charge is 0.269 e. The number of fused-ring (bicyclic) bond motifs is 1. The van der Waals surface area contributed by atoms with Gasteiger partial charge in [0, 0.05) is 12.2 Å². The molecule has 22 heavy (non-hydrogen) atoms. The van der Waals surface area contributed by atoms with Crippen LogP contribution in [-0.2, 0) is 16.0 Å². The Labute approximate surface area is 132 Å². The van der Waals surface area contributed by atoms with Crippen molar-refractivity contribution in [3.63, 3.8) is 0 Å². The van der Waals surface area contributed by atoms with E-state index in [1.165, 1.54) is 39.3 Å². The lowest BCUT2D eigenvalue weighted by molar-refractivity contribution is -0.139. The quantitative estimate of drug-likeness (QED) is 0.795. The van der Waals surface area contributed by atoms with Crippen LogP contribution in [0.5, 0.6) is 0 Å². The molecule has 2 aliphatic rings. The van der Waals surface area contributed by atoms with Crippen LogP contribution in [0.3, 0.4) is 0 Å². The van der Waals surface area contributed by atoms with E-state index in [-0.39, 0.29) is 17.9 Å². The van der Waals surface area contributed by atoms with Crippen LogP contribution in [0, 0.1) is 0 Å². The summed E-state index contributed by atoms with van der Waals surface area (Å²) < 4.78 is 0. The Morgan fingerprint density at radius 3 is 2.05 bits per heavy atom. The van der Waals surface area contributed by atoms with Crippen LogP contribution >= 0.6 is 0 Å². The number of hydrogen-bond acceptors (Lipinski definition) is 2. The lowest BCUT2D eigenvalue weighted by atomic mass is 9.87. The van der Waals surface area contributed by atoms with Crippen LogP contribution in [0.2, 0.25) is 0 Å². The highest BCUT2D eigenvalue weighted by atomic mass is 16.2. The highest BCUT2D eigenvalue weighted by molar-refractivity contribution is 6.13. The molecule has 1 heterocycles. The van der Waals surface area contributed by atoms with Crippen LogP contribution in [0.4, 0.5) is 0 Å². The van der Waals surface area contributed by atoms with Crippen LogP contribution in [-0.4, -0.2) is 16.7 Å². The lowest BCUT2D eigenvalue weighted by Gasteiger charge is -2.25. The SMILES string of the molecule is CC(C)c1cc2c(cc1C(C)C)[C@@H](N1C(=O)C=CC1=O)CC2. The fraction of sp³-hybridized carbons (Fsp3) is 0.474. The number of aryl methyl sites for hydroxylation is 1. The van der Waals surface area contributed by atoms with Crippen molar-refractivity contribution in [2.24, 2.45) is 0 Å². The topological polar surface area (TPSA) is 37.4 Å². The van der Waals surface area contributed by atoms with Gasteiger partial charge in [-0.05, 0) is 46.9 Å². The molecule has 1 atom stereocenters. The van der Waals surface area contributed by atoms with E-state index in [1.54, 1.807) is 0 Å². The van der Waals surface area contributed by atoms with Gasteiger partial charge in [-0.3, -0.25) is 14.5 Å². The first-order chi connectivity index (χ1) is 10.4. The molecule has 0 saturated heterocycles. The summed E-state index contributed by atoms with van der Waals surface area (Å²) in [5.41, 5.74) is 5.20. The van der Waals surface area contributed by atoms with Crippen molar-refractivity contribution < 1.29 is 9.59 Å². The minimum atomic E-state index is -0.179. The molecular weight excluding hydrogens is 274 g/mol. The van der Waals surface area contributed by atoms with Gasteiger partial charge in [0.15, 0.2) is 0 Å². The van der Waals surface area contributed by atoms with Crippen LogP contribution in [0.1, 0.15) is 74.2 Å². The van der Waals surface area contributed by atoms with Gasteiger partial charge < -0.3 is 0 Å². The second-order valence-corrected chi connectivity index (χ2v) is 6.92. The molecule has 0 fully saturated rings. The minimum Gasteiger partial charge on any atom is -0.269 e. The molecule has 1 aromatic carbocycles. The van der Waals surface area contributed by atoms with E-state index in [4.69, 9.17) is 0 Å². The Balaban J connectivity index is 2.06. The fourth-order valence-corrected chi connectivity index (χ4v) is 3.66. The molecule has 3 nitrogen and oxygen atoms in total. The summed E-state index contributed by atoms with van der Waals surface area (Å²) in [5.74, 6) is 0.564. The average molecular weight is 297 g/mol. The van der Waals surface area contributed by atoms with Gasteiger partial charge in [-0.25, -0.2) is 0 Å². The second-order valence-electron chi connectivity index (χ2n) is 6.92. The first-order valence-electron chi connectivity index (χ1n) is 8.12. The first kappa shape index (κ1) is 15.0. The van der Waals surface area contributed by atoms with Crippen LogP contribution in [0.15, 0.2) is 24.3 Å². The van der Waals surface area contributed by atoms with E-state index in [1.807, 2.05) is 0 Å². The molecule has 0 unspecified atom stereocenters. The second kappa shape index (κ2) is 5.38. The van der Waals surface area contributed by atoms with Gasteiger partial charge >= 0.3 is 0 Å². The van der Waals surface area contributed by atoms with E-state index < -0.39 is 0 Å². The molecule has 3 heteroatoms. The zero-order valence-electron chi connectivity index (χ0n) is 13.7. The zero-order valence-corrected chi connectivity index (χ0v) is 13.7. The molecule has 1 aliphatic carbocycles. The number of amides is 2. The maximum Gasteiger partial charge on any atom is 0.254 e. The predicted octanol–water partition coefficient (Wildman–Crippen LogP) is 3.85. The molecule has 0 bridgehead atoms. The Morgan fingerprint density at radius 2 is 1.50 bits per heavy atom. The maximum absolute atomic E-state index is 12.0. The van der Waals surface area contributed by atoms with Crippen molar-refractivity contribution in [1.29, 1.82) is 0 Å². The van der Waals surface area contributed by atoms with E-state index in [9.17, 15) is 9.59 Å². The third kappa shape index (κ3) is 2.29. The van der Waals surface area contributed by atoms with Crippen molar-refractivity contribution in [2.45, 2.75) is 58.4 Å². The molecule has 0 spiro atoms. The van der Waals surface area contributed by atoms with Gasteiger partial charge in [0.05, 0.1) is 6.04 Å². The summed E-state index contributed by atoms with van der Waals surface area (Å²) in [4.78, 5) is 25.4. The number of nitrogens with zero attached hydrogens (tertiary/aromatic N) is 1. The molecule has 3 rings (SSSR count). The number of carbonyl (C=O) groups is 2. The summed E-state index contributed by atoms with van der Waals surface area (Å²) in [6.45, 7) is 8.84. The normalized spacial score (nSPS) is 20.6. The number of rotatable bonds is 3. The molecule has 1 aliphatic heterocycles. The summed E-state index contributed by atoms with van der Waals surface area (Å²) in [7, 11) is 0. The molecule has 2 amide bonds. The van der Waals surface area contributed by atoms with Gasteiger partial charge in [-0.1, -0.05) is 39.8 Å². The Kier molecular flexibility index (Phi) is 3.67. The van der Waals surface area contributed by atoms with E-state index in [2.05, 4.69) is 39.8 Å². The van der Waals surface area contributed by atoms with Crippen molar-refractivity contribution in [3.05, 3.63) is 46.5 Å². The van der Waals surface area contributed by atoms with E-state index in [0.717, 1.165) is 12.8 Å². The molecule has 1 aromatic rings. The van der Waals surface area contributed by atoms with Crippen molar-refractivity contribution in [1.82, 2.24) is 4.90 Å². The number of hydrogen-bond donors (Lipinski definition) is 0. The summed E-state index contributed by atoms with van der Waals surface area (Å²) in [5, 5.41) is 0. The third-order valence-electron chi connectivity index (χ3n) is 4.79. The molecule has 0 N–H and O–H groups in total. The molecule has 116 valence electrons. The van der Waals surface area contributed by atoms with Crippen molar-refractivity contribution in [2.75, 3.05) is 0 Å². The molecule has 0 saturated carbocycles.